The van der Waals surface area contributed by atoms with E-state index in [0.717, 1.165) is 30.7 Å². The lowest BCUT2D eigenvalue weighted by Gasteiger charge is -2.35. The number of hydrogen-bond acceptors (Lipinski definition) is 3. The largest absolute Gasteiger partial charge is 0.494 e. The van der Waals surface area contributed by atoms with Gasteiger partial charge in [-0.05, 0) is 43.9 Å². The number of likely N-dealkylation sites (tertiary alicyclic amines) is 1. The van der Waals surface area contributed by atoms with Crippen LogP contribution in [0.15, 0.2) is 24.3 Å². The van der Waals surface area contributed by atoms with Gasteiger partial charge < -0.3 is 15.4 Å². The van der Waals surface area contributed by atoms with Crippen LogP contribution in [0.4, 0.5) is 0 Å². The number of halogens is 1. The van der Waals surface area contributed by atoms with Gasteiger partial charge in [-0.1, -0.05) is 12.1 Å². The van der Waals surface area contributed by atoms with Gasteiger partial charge in [-0.15, -0.1) is 12.4 Å². The van der Waals surface area contributed by atoms with E-state index in [9.17, 15) is 4.79 Å². The van der Waals surface area contributed by atoms with Crippen molar-refractivity contribution >= 4 is 18.3 Å². The maximum Gasteiger partial charge on any atom is 0.227 e. The molecule has 5 heteroatoms. The van der Waals surface area contributed by atoms with Gasteiger partial charge in [-0.3, -0.25) is 4.79 Å². The van der Waals surface area contributed by atoms with Crippen LogP contribution in [0, 0.1) is 0 Å². The molecule has 118 valence electrons. The van der Waals surface area contributed by atoms with Crippen molar-refractivity contribution in [2.24, 2.45) is 5.73 Å². The normalized spacial score (nSPS) is 18.0. The third kappa shape index (κ3) is 4.90. The Kier molecular flexibility index (Phi) is 7.54. The highest BCUT2D eigenvalue weighted by molar-refractivity contribution is 5.85. The summed E-state index contributed by atoms with van der Waals surface area (Å²) in [6.45, 7) is 4.03. The molecular weight excluding hydrogens is 288 g/mol. The zero-order valence-electron chi connectivity index (χ0n) is 12.6. The van der Waals surface area contributed by atoms with Crippen LogP contribution in [0.5, 0.6) is 5.75 Å². The Hall–Kier alpha value is -1.26. The molecule has 0 aliphatic carbocycles. The first-order chi connectivity index (χ1) is 9.74. The Labute approximate surface area is 133 Å². The SMILES string of the molecule is CCOc1ccc(CC(=O)N2CCCCC2CN)cc1.Cl. The molecule has 1 heterocycles. The molecule has 1 fully saturated rings. The zero-order valence-corrected chi connectivity index (χ0v) is 13.4. The van der Waals surface area contributed by atoms with Crippen molar-refractivity contribution in [3.05, 3.63) is 29.8 Å². The predicted octanol–water partition coefficient (Wildman–Crippen LogP) is 2.39. The molecule has 1 aliphatic rings. The summed E-state index contributed by atoms with van der Waals surface area (Å²) >= 11 is 0. The molecule has 2 rings (SSSR count). The number of nitrogens with two attached hydrogens (primary N) is 1. The number of nitrogens with zero attached hydrogens (tertiary/aromatic N) is 1. The van der Waals surface area contributed by atoms with Crippen molar-refractivity contribution in [2.45, 2.75) is 38.6 Å². The number of rotatable bonds is 5. The van der Waals surface area contributed by atoms with Gasteiger partial charge in [-0.25, -0.2) is 0 Å². The number of carbonyl (C=O) groups excluding carboxylic acids is 1. The van der Waals surface area contributed by atoms with Gasteiger partial charge in [0.1, 0.15) is 5.75 Å². The Morgan fingerprint density at radius 2 is 2.05 bits per heavy atom. The molecular formula is C16H25ClN2O2. The molecule has 1 unspecified atom stereocenters. The number of ether oxygens (including phenoxy) is 1. The van der Waals surface area contributed by atoms with Gasteiger partial charge in [0.2, 0.25) is 5.91 Å². The lowest BCUT2D eigenvalue weighted by molar-refractivity contribution is -0.133. The average molecular weight is 313 g/mol. The molecule has 1 aliphatic heterocycles. The molecule has 1 amide bonds. The van der Waals surface area contributed by atoms with E-state index < -0.39 is 0 Å². The summed E-state index contributed by atoms with van der Waals surface area (Å²) < 4.78 is 5.40. The van der Waals surface area contributed by atoms with Crippen LogP contribution < -0.4 is 10.5 Å². The molecule has 0 aromatic heterocycles. The van der Waals surface area contributed by atoms with Crippen molar-refractivity contribution in [2.75, 3.05) is 19.7 Å². The fraction of sp³-hybridized carbons (Fsp3) is 0.562. The van der Waals surface area contributed by atoms with Gasteiger partial charge in [0, 0.05) is 19.1 Å². The quantitative estimate of drug-likeness (QED) is 0.908. The number of hydrogen-bond donors (Lipinski definition) is 1. The second-order valence-electron chi connectivity index (χ2n) is 5.23. The highest BCUT2D eigenvalue weighted by atomic mass is 35.5. The molecule has 21 heavy (non-hydrogen) atoms. The molecule has 1 atom stereocenters. The highest BCUT2D eigenvalue weighted by Gasteiger charge is 2.25. The van der Waals surface area contributed by atoms with E-state index in [4.69, 9.17) is 10.5 Å². The number of benzene rings is 1. The summed E-state index contributed by atoms with van der Waals surface area (Å²) in [7, 11) is 0. The summed E-state index contributed by atoms with van der Waals surface area (Å²) in [5, 5.41) is 0. The van der Waals surface area contributed by atoms with E-state index in [1.807, 2.05) is 36.1 Å². The Balaban J connectivity index is 0.00000220. The first kappa shape index (κ1) is 17.8. The first-order valence-corrected chi connectivity index (χ1v) is 7.46. The summed E-state index contributed by atoms with van der Waals surface area (Å²) in [5.41, 5.74) is 6.80. The predicted molar refractivity (Wildman–Crippen MR) is 87.0 cm³/mol. The summed E-state index contributed by atoms with van der Waals surface area (Å²) in [5.74, 6) is 1.03. The van der Waals surface area contributed by atoms with Crippen LogP contribution in [0.25, 0.3) is 0 Å². The maximum atomic E-state index is 12.4. The second-order valence-corrected chi connectivity index (χ2v) is 5.23. The molecule has 1 saturated heterocycles. The van der Waals surface area contributed by atoms with Gasteiger partial charge in [0.15, 0.2) is 0 Å². The van der Waals surface area contributed by atoms with Gasteiger partial charge in [0.25, 0.3) is 0 Å². The molecule has 2 N–H and O–H groups in total. The second kappa shape index (κ2) is 8.90. The van der Waals surface area contributed by atoms with Gasteiger partial charge in [-0.2, -0.15) is 0 Å². The Morgan fingerprint density at radius 1 is 1.33 bits per heavy atom. The zero-order chi connectivity index (χ0) is 14.4. The number of carbonyl (C=O) groups is 1. The maximum absolute atomic E-state index is 12.4. The summed E-state index contributed by atoms with van der Waals surface area (Å²) in [4.78, 5) is 14.3. The first-order valence-electron chi connectivity index (χ1n) is 7.46. The minimum atomic E-state index is 0. The highest BCUT2D eigenvalue weighted by Crippen LogP contribution is 2.18. The molecule has 0 saturated carbocycles. The minimum Gasteiger partial charge on any atom is -0.494 e. The molecule has 1 aromatic carbocycles. The molecule has 0 spiro atoms. The summed E-state index contributed by atoms with van der Waals surface area (Å²) in [6.07, 6.45) is 3.74. The fourth-order valence-corrected chi connectivity index (χ4v) is 2.72. The average Bonchev–Trinajstić information content (AvgIpc) is 2.49. The van der Waals surface area contributed by atoms with Crippen LogP contribution in [-0.2, 0) is 11.2 Å². The topological polar surface area (TPSA) is 55.6 Å². The number of piperidine rings is 1. The minimum absolute atomic E-state index is 0. The van der Waals surface area contributed by atoms with Crippen LogP contribution in [-0.4, -0.2) is 36.5 Å². The van der Waals surface area contributed by atoms with E-state index in [-0.39, 0.29) is 24.4 Å². The fourth-order valence-electron chi connectivity index (χ4n) is 2.72. The molecule has 4 nitrogen and oxygen atoms in total. The van der Waals surface area contributed by atoms with Crippen molar-refractivity contribution in [1.82, 2.24) is 4.90 Å². The van der Waals surface area contributed by atoms with Crippen molar-refractivity contribution in [3.8, 4) is 5.75 Å². The molecule has 1 aromatic rings. The van der Waals surface area contributed by atoms with Crippen LogP contribution in [0.2, 0.25) is 0 Å². The van der Waals surface area contributed by atoms with E-state index in [0.29, 0.717) is 19.6 Å². The third-order valence-corrected chi connectivity index (χ3v) is 3.81. The van der Waals surface area contributed by atoms with Gasteiger partial charge in [0.05, 0.1) is 13.0 Å². The Bertz CT molecular complexity index is 436. The van der Waals surface area contributed by atoms with Gasteiger partial charge >= 0.3 is 0 Å². The smallest absolute Gasteiger partial charge is 0.227 e. The van der Waals surface area contributed by atoms with E-state index >= 15 is 0 Å². The van der Waals surface area contributed by atoms with Crippen LogP contribution in [0.3, 0.4) is 0 Å². The van der Waals surface area contributed by atoms with E-state index in [1.54, 1.807) is 0 Å². The standard InChI is InChI=1S/C16H24N2O2.ClH/c1-2-20-15-8-6-13(7-9-15)11-16(19)18-10-4-3-5-14(18)12-17;/h6-9,14H,2-5,10-12,17H2,1H3;1H. The molecule has 0 bridgehead atoms. The van der Waals surface area contributed by atoms with E-state index in [1.165, 1.54) is 6.42 Å². The van der Waals surface area contributed by atoms with E-state index in [2.05, 4.69) is 0 Å². The van der Waals surface area contributed by atoms with Crippen molar-refractivity contribution in [1.29, 1.82) is 0 Å². The molecule has 0 radical (unpaired) electrons. The lowest BCUT2D eigenvalue weighted by atomic mass is 10.0. The monoisotopic (exact) mass is 312 g/mol. The Morgan fingerprint density at radius 3 is 2.67 bits per heavy atom. The summed E-state index contributed by atoms with van der Waals surface area (Å²) in [6, 6.07) is 7.99. The third-order valence-electron chi connectivity index (χ3n) is 3.81. The lowest BCUT2D eigenvalue weighted by Crippen LogP contribution is -2.48. The number of amides is 1. The van der Waals surface area contributed by atoms with Crippen LogP contribution >= 0.6 is 12.4 Å². The van der Waals surface area contributed by atoms with Crippen molar-refractivity contribution < 1.29 is 9.53 Å². The van der Waals surface area contributed by atoms with Crippen molar-refractivity contribution in [3.63, 3.8) is 0 Å². The van der Waals surface area contributed by atoms with Crippen LogP contribution in [0.1, 0.15) is 31.7 Å².